The Morgan fingerprint density at radius 3 is 2.67 bits per heavy atom. The fourth-order valence-corrected chi connectivity index (χ4v) is 0.580. The summed E-state index contributed by atoms with van der Waals surface area (Å²) in [6.45, 7) is 0. The Hall–Kier alpha value is -1.05. The van der Waals surface area contributed by atoms with E-state index in [2.05, 4.69) is 12.0 Å². The van der Waals surface area contributed by atoms with E-state index in [1.807, 2.05) is 25.2 Å². The fraction of sp³-hybridized carbons (Fsp3) is 0.143. The van der Waals surface area contributed by atoms with E-state index < -0.39 is 0 Å². The van der Waals surface area contributed by atoms with Gasteiger partial charge in [0, 0.05) is 20.3 Å². The molecule has 2 nitrogen and oxygen atoms in total. The largest absolute Gasteiger partial charge is 0.358 e. The van der Waals surface area contributed by atoms with Gasteiger partial charge in [-0.05, 0) is 12.1 Å². The first-order chi connectivity index (χ1) is 4.30. The third-order valence-electron chi connectivity index (χ3n) is 1.04. The average Bonchev–Trinajstić information content (AvgIpc) is 1.90. The summed E-state index contributed by atoms with van der Waals surface area (Å²) >= 11 is 0. The van der Waals surface area contributed by atoms with Gasteiger partial charge in [-0.3, -0.25) is 0 Å². The van der Waals surface area contributed by atoms with Gasteiger partial charge < -0.3 is 4.90 Å². The van der Waals surface area contributed by atoms with Gasteiger partial charge in [-0.25, -0.2) is 4.98 Å². The molecule has 0 saturated heterocycles. The predicted molar refractivity (Wildman–Crippen MR) is 38.0 cm³/mol. The molecule has 1 aromatic heterocycles. The topological polar surface area (TPSA) is 16.1 Å². The van der Waals surface area contributed by atoms with Crippen molar-refractivity contribution in [3.8, 4) is 0 Å². The molecular formula is C7H9N2. The molecule has 0 aliphatic heterocycles. The maximum atomic E-state index is 4.04. The second-order valence-corrected chi connectivity index (χ2v) is 1.89. The summed E-state index contributed by atoms with van der Waals surface area (Å²) in [7, 11) is 5.54. The van der Waals surface area contributed by atoms with Crippen molar-refractivity contribution in [2.24, 2.45) is 0 Å². The maximum absolute atomic E-state index is 4.04. The highest BCUT2D eigenvalue weighted by atomic mass is 15.1. The summed E-state index contributed by atoms with van der Waals surface area (Å²) < 4.78 is 0. The average molecular weight is 121 g/mol. The van der Waals surface area contributed by atoms with Crippen LogP contribution >= 0.6 is 0 Å². The van der Waals surface area contributed by atoms with Crippen LogP contribution in [0.15, 0.2) is 24.4 Å². The smallest absolute Gasteiger partial charge is 0.128 e. The number of hydrogen-bond acceptors (Lipinski definition) is 2. The van der Waals surface area contributed by atoms with Gasteiger partial charge in [-0.1, -0.05) is 6.07 Å². The van der Waals surface area contributed by atoms with Crippen LogP contribution in [0.2, 0.25) is 0 Å². The molecule has 0 unspecified atom stereocenters. The number of anilines is 1. The molecule has 0 fully saturated rings. The second kappa shape index (κ2) is 2.49. The van der Waals surface area contributed by atoms with Gasteiger partial charge in [0.25, 0.3) is 0 Å². The van der Waals surface area contributed by atoms with Crippen molar-refractivity contribution in [1.29, 1.82) is 0 Å². The molecule has 0 spiro atoms. The Kier molecular flexibility index (Phi) is 1.68. The van der Waals surface area contributed by atoms with Gasteiger partial charge in [0.15, 0.2) is 0 Å². The van der Waals surface area contributed by atoms with Crippen LogP contribution in [0.25, 0.3) is 0 Å². The zero-order valence-corrected chi connectivity index (χ0v) is 5.41. The Balaban J connectivity index is 2.85. The summed E-state index contributed by atoms with van der Waals surface area (Å²) in [5.74, 6) is 0.887. The molecule has 47 valence electrons. The molecule has 1 heterocycles. The number of pyridine rings is 1. The molecule has 1 radical (unpaired) electrons. The summed E-state index contributed by atoms with van der Waals surface area (Å²) in [6.07, 6.45) is 1.75. The van der Waals surface area contributed by atoms with Crippen molar-refractivity contribution in [3.63, 3.8) is 0 Å². The lowest BCUT2D eigenvalue weighted by atomic mass is 10.4. The molecule has 0 aromatic carbocycles. The quantitative estimate of drug-likeness (QED) is 0.557. The van der Waals surface area contributed by atoms with Gasteiger partial charge in [-0.2, -0.15) is 0 Å². The van der Waals surface area contributed by atoms with Crippen molar-refractivity contribution in [2.75, 3.05) is 11.9 Å². The molecule has 1 aromatic rings. The van der Waals surface area contributed by atoms with Crippen LogP contribution in [0.3, 0.4) is 0 Å². The minimum Gasteiger partial charge on any atom is -0.358 e. The van der Waals surface area contributed by atoms with Gasteiger partial charge in [0.05, 0.1) is 0 Å². The van der Waals surface area contributed by atoms with Crippen LogP contribution in [0.1, 0.15) is 0 Å². The van der Waals surface area contributed by atoms with E-state index in [-0.39, 0.29) is 0 Å². The monoisotopic (exact) mass is 121 g/mol. The molecular weight excluding hydrogens is 112 g/mol. The van der Waals surface area contributed by atoms with E-state index >= 15 is 0 Å². The molecule has 0 atom stereocenters. The van der Waals surface area contributed by atoms with E-state index in [9.17, 15) is 0 Å². The van der Waals surface area contributed by atoms with Crippen molar-refractivity contribution >= 4 is 5.82 Å². The first kappa shape index (κ1) is 6.08. The van der Waals surface area contributed by atoms with Crippen LogP contribution in [-0.4, -0.2) is 12.0 Å². The lowest BCUT2D eigenvalue weighted by molar-refractivity contribution is 1.12. The molecule has 0 saturated carbocycles. The third-order valence-corrected chi connectivity index (χ3v) is 1.04. The van der Waals surface area contributed by atoms with E-state index in [4.69, 9.17) is 0 Å². The number of hydrogen-bond donors (Lipinski definition) is 0. The number of nitrogens with zero attached hydrogens (tertiary/aromatic N) is 2. The molecule has 0 aliphatic rings. The van der Waals surface area contributed by atoms with Crippen LogP contribution in [0, 0.1) is 7.05 Å². The molecule has 9 heavy (non-hydrogen) atoms. The number of rotatable bonds is 1. The van der Waals surface area contributed by atoms with Crippen molar-refractivity contribution in [2.45, 2.75) is 0 Å². The zero-order valence-electron chi connectivity index (χ0n) is 5.41. The summed E-state index contributed by atoms with van der Waals surface area (Å²) in [6, 6.07) is 5.73. The van der Waals surface area contributed by atoms with E-state index in [0.29, 0.717) is 0 Å². The van der Waals surface area contributed by atoms with E-state index in [1.54, 1.807) is 11.1 Å². The summed E-state index contributed by atoms with van der Waals surface area (Å²) in [5.41, 5.74) is 0. The molecule has 1 rings (SSSR count). The lowest BCUT2D eigenvalue weighted by Crippen LogP contribution is -2.06. The van der Waals surface area contributed by atoms with Crippen molar-refractivity contribution in [1.82, 2.24) is 4.98 Å². The van der Waals surface area contributed by atoms with Gasteiger partial charge in [-0.15, -0.1) is 0 Å². The molecule has 0 N–H and O–H groups in total. The second-order valence-electron chi connectivity index (χ2n) is 1.89. The highest BCUT2D eigenvalue weighted by Crippen LogP contribution is 2.03. The normalized spacial score (nSPS) is 9.11. The molecule has 2 heteroatoms. The lowest BCUT2D eigenvalue weighted by Gasteiger charge is -2.08. The van der Waals surface area contributed by atoms with E-state index in [1.165, 1.54) is 0 Å². The Bertz CT molecular complexity index is 170. The minimum atomic E-state index is 0.887. The van der Waals surface area contributed by atoms with Crippen LogP contribution in [0.4, 0.5) is 5.82 Å². The molecule has 0 amide bonds. The first-order valence-corrected chi connectivity index (χ1v) is 2.76. The van der Waals surface area contributed by atoms with Gasteiger partial charge in [0.1, 0.15) is 5.82 Å². The Labute approximate surface area is 55.1 Å². The zero-order chi connectivity index (χ0) is 6.69. The Morgan fingerprint density at radius 2 is 2.33 bits per heavy atom. The third kappa shape index (κ3) is 1.42. The van der Waals surface area contributed by atoms with Crippen LogP contribution < -0.4 is 4.90 Å². The molecule has 0 aliphatic carbocycles. The van der Waals surface area contributed by atoms with Gasteiger partial charge in [0.2, 0.25) is 0 Å². The fourth-order valence-electron chi connectivity index (χ4n) is 0.580. The highest BCUT2D eigenvalue weighted by molar-refractivity contribution is 5.36. The minimum absolute atomic E-state index is 0.887. The maximum Gasteiger partial charge on any atom is 0.128 e. The van der Waals surface area contributed by atoms with E-state index in [0.717, 1.165) is 5.82 Å². The SMILES string of the molecule is [CH2]N(C)c1ccccn1. The summed E-state index contributed by atoms with van der Waals surface area (Å²) in [4.78, 5) is 5.76. The highest BCUT2D eigenvalue weighted by Gasteiger charge is 1.89. The Morgan fingerprint density at radius 1 is 1.56 bits per heavy atom. The standard InChI is InChI=1S/C7H9N2/c1-9(2)7-5-3-4-6-8-7/h3-6H,1H2,2H3. The summed E-state index contributed by atoms with van der Waals surface area (Å²) in [5, 5.41) is 0. The van der Waals surface area contributed by atoms with Crippen molar-refractivity contribution in [3.05, 3.63) is 31.4 Å². The first-order valence-electron chi connectivity index (χ1n) is 2.76. The molecule has 0 bridgehead atoms. The number of aromatic nitrogens is 1. The van der Waals surface area contributed by atoms with Gasteiger partial charge >= 0.3 is 0 Å². The predicted octanol–water partition coefficient (Wildman–Crippen LogP) is 1.31. The van der Waals surface area contributed by atoms with Crippen LogP contribution in [0.5, 0.6) is 0 Å². The van der Waals surface area contributed by atoms with Crippen molar-refractivity contribution < 1.29 is 0 Å². The van der Waals surface area contributed by atoms with Crippen LogP contribution in [-0.2, 0) is 0 Å².